The third-order valence-corrected chi connectivity index (χ3v) is 6.44. The molecule has 4 nitrogen and oxygen atoms in total. The van der Waals surface area contributed by atoms with Crippen LogP contribution < -0.4 is 5.32 Å². The molecule has 0 aromatic heterocycles. The second-order valence-electron chi connectivity index (χ2n) is 7.93. The van der Waals surface area contributed by atoms with Crippen molar-refractivity contribution < 1.29 is 0 Å². The first-order valence-electron chi connectivity index (χ1n) is 10.0. The van der Waals surface area contributed by atoms with Crippen molar-refractivity contribution in [3.63, 3.8) is 0 Å². The fraction of sp³-hybridized carbons (Fsp3) is 0.947. The minimum atomic E-state index is 0. The van der Waals surface area contributed by atoms with Crippen LogP contribution in [0.5, 0.6) is 0 Å². The molecule has 5 heteroatoms. The fourth-order valence-corrected chi connectivity index (χ4v) is 4.57. The number of aliphatic imine (C=N–C) groups is 1. The number of halogens is 1. The molecule has 24 heavy (non-hydrogen) atoms. The molecule has 0 amide bonds. The highest BCUT2D eigenvalue weighted by molar-refractivity contribution is 14.0. The van der Waals surface area contributed by atoms with E-state index in [1.807, 2.05) is 0 Å². The SMILES string of the molecule is CCNC(=NCCC1CCN(CC)CC1)N1CCC2(CCC2)C1.I. The summed E-state index contributed by atoms with van der Waals surface area (Å²) in [7, 11) is 0. The molecule has 2 saturated heterocycles. The Bertz CT molecular complexity index is 400. The normalized spacial score (nSPS) is 24.8. The summed E-state index contributed by atoms with van der Waals surface area (Å²) >= 11 is 0. The quantitative estimate of drug-likeness (QED) is 0.397. The first-order chi connectivity index (χ1) is 11.2. The van der Waals surface area contributed by atoms with Gasteiger partial charge in [0.15, 0.2) is 5.96 Å². The maximum atomic E-state index is 4.97. The van der Waals surface area contributed by atoms with Crippen molar-refractivity contribution >= 4 is 29.9 Å². The zero-order valence-electron chi connectivity index (χ0n) is 15.7. The summed E-state index contributed by atoms with van der Waals surface area (Å²) in [4.78, 5) is 10.1. The Morgan fingerprint density at radius 3 is 2.42 bits per heavy atom. The molecule has 0 aromatic carbocycles. The molecular formula is C19H37IN4. The van der Waals surface area contributed by atoms with Gasteiger partial charge in [0.05, 0.1) is 0 Å². The van der Waals surface area contributed by atoms with Crippen molar-refractivity contribution in [1.82, 2.24) is 15.1 Å². The van der Waals surface area contributed by atoms with E-state index in [4.69, 9.17) is 4.99 Å². The summed E-state index contributed by atoms with van der Waals surface area (Å²) in [5.41, 5.74) is 0.656. The lowest BCUT2D eigenvalue weighted by Crippen LogP contribution is -2.42. The van der Waals surface area contributed by atoms with E-state index in [-0.39, 0.29) is 24.0 Å². The Hall–Kier alpha value is -0.0400. The first kappa shape index (κ1) is 20.3. The Kier molecular flexibility index (Phi) is 8.11. The fourth-order valence-electron chi connectivity index (χ4n) is 4.57. The van der Waals surface area contributed by atoms with Crippen LogP contribution in [0.4, 0.5) is 0 Å². The molecule has 1 spiro atoms. The molecular weight excluding hydrogens is 411 g/mol. The number of guanidine groups is 1. The predicted octanol–water partition coefficient (Wildman–Crippen LogP) is 3.57. The van der Waals surface area contributed by atoms with Crippen LogP contribution in [-0.2, 0) is 0 Å². The van der Waals surface area contributed by atoms with Gasteiger partial charge in [-0.25, -0.2) is 0 Å². The van der Waals surface area contributed by atoms with Crippen LogP contribution in [0, 0.1) is 11.3 Å². The molecule has 3 rings (SSSR count). The maximum Gasteiger partial charge on any atom is 0.193 e. The second-order valence-corrected chi connectivity index (χ2v) is 7.93. The Morgan fingerprint density at radius 2 is 1.88 bits per heavy atom. The number of piperidine rings is 1. The van der Waals surface area contributed by atoms with Crippen LogP contribution >= 0.6 is 24.0 Å². The Labute approximate surface area is 165 Å². The number of rotatable bonds is 5. The lowest BCUT2D eigenvalue weighted by Gasteiger charge is -2.38. The average Bonchev–Trinajstić information content (AvgIpc) is 3.00. The molecule has 2 aliphatic heterocycles. The van der Waals surface area contributed by atoms with Crippen LogP contribution in [0.1, 0.15) is 58.8 Å². The van der Waals surface area contributed by atoms with E-state index in [0.717, 1.165) is 19.0 Å². The monoisotopic (exact) mass is 448 g/mol. The van der Waals surface area contributed by atoms with Gasteiger partial charge in [-0.3, -0.25) is 4.99 Å². The standard InChI is InChI=1S/C19H36N4.HI/c1-3-20-18(23-15-11-19(16-23)9-5-10-19)21-12-6-17-7-13-22(4-2)14-8-17;/h17H,3-16H2,1-2H3,(H,20,21);1H. The summed E-state index contributed by atoms with van der Waals surface area (Å²) in [5, 5.41) is 3.53. The Balaban J connectivity index is 0.00000208. The molecule has 0 aromatic rings. The van der Waals surface area contributed by atoms with E-state index >= 15 is 0 Å². The number of likely N-dealkylation sites (tertiary alicyclic amines) is 2. The van der Waals surface area contributed by atoms with Gasteiger partial charge in [-0.2, -0.15) is 0 Å². The highest BCUT2D eigenvalue weighted by Crippen LogP contribution is 2.47. The second kappa shape index (κ2) is 9.60. The average molecular weight is 448 g/mol. The Morgan fingerprint density at radius 1 is 1.12 bits per heavy atom. The van der Waals surface area contributed by atoms with Gasteiger partial charge < -0.3 is 15.1 Å². The summed E-state index contributed by atoms with van der Waals surface area (Å²) < 4.78 is 0. The van der Waals surface area contributed by atoms with E-state index < -0.39 is 0 Å². The molecule has 1 saturated carbocycles. The molecule has 0 unspecified atom stereocenters. The van der Waals surface area contributed by atoms with Gasteiger partial charge in [0.25, 0.3) is 0 Å². The van der Waals surface area contributed by atoms with Gasteiger partial charge in [-0.1, -0.05) is 13.3 Å². The highest BCUT2D eigenvalue weighted by atomic mass is 127. The van der Waals surface area contributed by atoms with Crippen LogP contribution in [0.25, 0.3) is 0 Å². The topological polar surface area (TPSA) is 30.9 Å². The predicted molar refractivity (Wildman–Crippen MR) is 113 cm³/mol. The van der Waals surface area contributed by atoms with E-state index in [0.29, 0.717) is 5.41 Å². The lowest BCUT2D eigenvalue weighted by molar-refractivity contribution is 0.151. The van der Waals surface area contributed by atoms with Crippen LogP contribution in [0.3, 0.4) is 0 Å². The zero-order chi connectivity index (χ0) is 16.1. The van der Waals surface area contributed by atoms with Gasteiger partial charge in [0.1, 0.15) is 0 Å². The molecule has 3 fully saturated rings. The van der Waals surface area contributed by atoms with E-state index in [9.17, 15) is 0 Å². The molecule has 0 bridgehead atoms. The van der Waals surface area contributed by atoms with Gasteiger partial charge in [-0.05, 0) is 76.4 Å². The maximum absolute atomic E-state index is 4.97. The van der Waals surface area contributed by atoms with Crippen molar-refractivity contribution in [3.8, 4) is 0 Å². The number of nitrogens with zero attached hydrogens (tertiary/aromatic N) is 3. The molecule has 0 atom stereocenters. The molecule has 0 radical (unpaired) electrons. The highest BCUT2D eigenvalue weighted by Gasteiger charge is 2.43. The van der Waals surface area contributed by atoms with E-state index in [1.54, 1.807) is 0 Å². The number of nitrogens with one attached hydrogen (secondary N) is 1. The first-order valence-corrected chi connectivity index (χ1v) is 10.0. The summed E-state index contributed by atoms with van der Waals surface area (Å²) in [6.07, 6.45) is 9.72. The van der Waals surface area contributed by atoms with E-state index in [2.05, 4.69) is 29.0 Å². The van der Waals surface area contributed by atoms with Gasteiger partial charge in [-0.15, -0.1) is 24.0 Å². The van der Waals surface area contributed by atoms with Crippen molar-refractivity contribution in [2.75, 3.05) is 45.8 Å². The molecule has 1 N–H and O–H groups in total. The lowest BCUT2D eigenvalue weighted by atomic mass is 9.68. The minimum Gasteiger partial charge on any atom is -0.357 e. The van der Waals surface area contributed by atoms with Gasteiger partial charge in [0.2, 0.25) is 0 Å². The van der Waals surface area contributed by atoms with Crippen molar-refractivity contribution in [2.24, 2.45) is 16.3 Å². The molecule has 2 heterocycles. The number of hydrogen-bond donors (Lipinski definition) is 1. The van der Waals surface area contributed by atoms with Gasteiger partial charge >= 0.3 is 0 Å². The van der Waals surface area contributed by atoms with Gasteiger partial charge in [0, 0.05) is 26.2 Å². The molecule has 140 valence electrons. The zero-order valence-corrected chi connectivity index (χ0v) is 18.1. The summed E-state index contributed by atoms with van der Waals surface area (Å²) in [6, 6.07) is 0. The van der Waals surface area contributed by atoms with Crippen LogP contribution in [0.2, 0.25) is 0 Å². The summed E-state index contributed by atoms with van der Waals surface area (Å²) in [5.74, 6) is 2.07. The van der Waals surface area contributed by atoms with Crippen molar-refractivity contribution in [1.29, 1.82) is 0 Å². The largest absolute Gasteiger partial charge is 0.357 e. The number of hydrogen-bond acceptors (Lipinski definition) is 2. The smallest absolute Gasteiger partial charge is 0.193 e. The molecule has 3 aliphatic rings. The minimum absolute atomic E-state index is 0. The van der Waals surface area contributed by atoms with Crippen molar-refractivity contribution in [2.45, 2.75) is 58.8 Å². The summed E-state index contributed by atoms with van der Waals surface area (Å²) in [6.45, 7) is 12.7. The van der Waals surface area contributed by atoms with Crippen LogP contribution in [-0.4, -0.2) is 61.6 Å². The third-order valence-electron chi connectivity index (χ3n) is 6.44. The van der Waals surface area contributed by atoms with Crippen molar-refractivity contribution in [3.05, 3.63) is 0 Å². The third kappa shape index (κ3) is 4.99. The van der Waals surface area contributed by atoms with Crippen LogP contribution in [0.15, 0.2) is 4.99 Å². The molecule has 1 aliphatic carbocycles. The van der Waals surface area contributed by atoms with E-state index in [1.165, 1.54) is 83.6 Å².